The van der Waals surface area contributed by atoms with Crippen molar-refractivity contribution < 1.29 is 34.2 Å². The van der Waals surface area contributed by atoms with E-state index in [1.165, 1.54) is 6.92 Å². The van der Waals surface area contributed by atoms with Crippen LogP contribution in [-0.4, -0.2) is 70.6 Å². The van der Waals surface area contributed by atoms with Gasteiger partial charge in [-0.25, -0.2) is 0 Å². The van der Waals surface area contributed by atoms with Gasteiger partial charge >= 0.3 is 5.97 Å². The van der Waals surface area contributed by atoms with Gasteiger partial charge in [0.25, 0.3) is 0 Å². The molecule has 0 aromatic rings. The lowest BCUT2D eigenvalue weighted by atomic mass is 9.97. The van der Waals surface area contributed by atoms with E-state index in [0.29, 0.717) is 6.42 Å². The monoisotopic (exact) mass is 403 g/mol. The van der Waals surface area contributed by atoms with E-state index >= 15 is 0 Å². The Balaban J connectivity index is 5.34. The van der Waals surface area contributed by atoms with E-state index in [0.717, 1.165) is 0 Å². The molecule has 0 aliphatic heterocycles. The van der Waals surface area contributed by atoms with E-state index in [9.17, 15) is 29.1 Å². The van der Waals surface area contributed by atoms with E-state index < -0.39 is 66.8 Å². The molecule has 0 saturated carbocycles. The van der Waals surface area contributed by atoms with Crippen LogP contribution in [0.15, 0.2) is 0 Å². The topological polar surface area (TPSA) is 214 Å². The van der Waals surface area contributed by atoms with Crippen LogP contribution >= 0.6 is 0 Å². The zero-order valence-corrected chi connectivity index (χ0v) is 16.1. The van der Waals surface area contributed by atoms with E-state index in [1.807, 2.05) is 0 Å². The van der Waals surface area contributed by atoms with Crippen molar-refractivity contribution in [1.29, 1.82) is 0 Å². The van der Waals surface area contributed by atoms with E-state index in [2.05, 4.69) is 16.0 Å². The molecule has 28 heavy (non-hydrogen) atoms. The fourth-order valence-electron chi connectivity index (χ4n) is 2.13. The van der Waals surface area contributed by atoms with Gasteiger partial charge in [-0.2, -0.15) is 0 Å². The summed E-state index contributed by atoms with van der Waals surface area (Å²) in [5.74, 6) is -5.00. The Bertz CT molecular complexity index is 596. The molecule has 0 aliphatic rings. The number of carbonyl (C=O) groups is 5. The molecule has 9 N–H and O–H groups in total. The summed E-state index contributed by atoms with van der Waals surface area (Å²) in [6, 6.07) is -3.87. The van der Waals surface area contributed by atoms with E-state index in [-0.39, 0.29) is 5.92 Å². The molecule has 0 fully saturated rings. The van der Waals surface area contributed by atoms with Crippen LogP contribution in [0.4, 0.5) is 0 Å². The van der Waals surface area contributed by atoms with Crippen LogP contribution in [0.1, 0.15) is 33.6 Å². The van der Waals surface area contributed by atoms with Gasteiger partial charge < -0.3 is 37.6 Å². The van der Waals surface area contributed by atoms with Gasteiger partial charge in [-0.1, -0.05) is 20.3 Å². The molecule has 0 radical (unpaired) electrons. The van der Waals surface area contributed by atoms with E-state index in [1.54, 1.807) is 13.8 Å². The predicted octanol–water partition coefficient (Wildman–Crippen LogP) is -3.21. The molecule has 160 valence electrons. The molecule has 0 aromatic heterocycles. The number of primary amides is 1. The Morgan fingerprint density at radius 3 is 2.00 bits per heavy atom. The molecule has 12 nitrogen and oxygen atoms in total. The van der Waals surface area contributed by atoms with Gasteiger partial charge in [0.15, 0.2) is 0 Å². The van der Waals surface area contributed by atoms with Crippen molar-refractivity contribution >= 4 is 29.6 Å². The quantitative estimate of drug-likeness (QED) is 0.175. The molecule has 0 aliphatic carbocycles. The second-order valence-corrected chi connectivity index (χ2v) is 6.48. The number of carboxylic acids is 1. The summed E-state index contributed by atoms with van der Waals surface area (Å²) in [6.45, 7) is 4.07. The van der Waals surface area contributed by atoms with Crippen LogP contribution in [0, 0.1) is 5.92 Å². The van der Waals surface area contributed by atoms with E-state index in [4.69, 9.17) is 16.6 Å². The Morgan fingerprint density at radius 1 is 1.00 bits per heavy atom. The first-order chi connectivity index (χ1) is 12.9. The molecule has 0 aromatic carbocycles. The molecule has 12 heteroatoms. The van der Waals surface area contributed by atoms with Gasteiger partial charge in [0.1, 0.15) is 24.7 Å². The van der Waals surface area contributed by atoms with Gasteiger partial charge in [0, 0.05) is 0 Å². The smallest absolute Gasteiger partial charge is 0.322 e. The first-order valence-corrected chi connectivity index (χ1v) is 8.72. The third-order valence-corrected chi connectivity index (χ3v) is 4.07. The largest absolute Gasteiger partial charge is 0.480 e. The molecule has 0 rings (SSSR count). The first kappa shape index (κ1) is 25.3. The summed E-state index contributed by atoms with van der Waals surface area (Å²) >= 11 is 0. The number of aliphatic hydroxyl groups is 1. The molecule has 0 saturated heterocycles. The summed E-state index contributed by atoms with van der Waals surface area (Å²) < 4.78 is 0. The lowest BCUT2D eigenvalue weighted by molar-refractivity contribution is -0.139. The lowest BCUT2D eigenvalue weighted by Crippen LogP contribution is -2.59. The number of nitrogens with two attached hydrogens (primary N) is 2. The maximum Gasteiger partial charge on any atom is 0.322 e. The fraction of sp³-hybridized carbons (Fsp3) is 0.688. The molecular weight excluding hydrogens is 374 g/mol. The minimum Gasteiger partial charge on any atom is -0.480 e. The molecule has 4 amide bonds. The first-order valence-electron chi connectivity index (χ1n) is 8.72. The molecule has 5 unspecified atom stereocenters. The third kappa shape index (κ3) is 8.77. The fourth-order valence-corrected chi connectivity index (χ4v) is 2.13. The summed E-state index contributed by atoms with van der Waals surface area (Å²) in [5, 5.41) is 24.8. The number of nitrogens with one attached hydrogen (secondary N) is 3. The number of rotatable bonds is 12. The summed E-state index contributed by atoms with van der Waals surface area (Å²) in [6.07, 6.45) is -1.29. The average molecular weight is 403 g/mol. The van der Waals surface area contributed by atoms with Crippen molar-refractivity contribution in [2.75, 3.05) is 6.54 Å². The minimum atomic E-state index is -1.42. The number of hydrogen-bond acceptors (Lipinski definition) is 7. The molecule has 0 heterocycles. The highest BCUT2D eigenvalue weighted by Crippen LogP contribution is 2.09. The minimum absolute atomic E-state index is 0.373. The Hall–Kier alpha value is -2.73. The predicted molar refractivity (Wildman–Crippen MR) is 97.4 cm³/mol. The summed E-state index contributed by atoms with van der Waals surface area (Å²) in [7, 11) is 0. The standard InChI is InChI=1S/C16H29N5O7/c1-4-7(2)13(16(28)19-6-11(24)25)21-14(26)9(5-10(17)23)20-15(27)12(18)8(3)22/h7-9,12-13,22H,4-6,18H2,1-3H3,(H2,17,23)(H,19,28)(H,20,27)(H,21,26)(H,24,25). The third-order valence-electron chi connectivity index (χ3n) is 4.07. The average Bonchev–Trinajstić information content (AvgIpc) is 2.61. The van der Waals surface area contributed by atoms with Crippen molar-refractivity contribution in [2.45, 2.75) is 57.8 Å². The number of hydrogen-bond donors (Lipinski definition) is 7. The number of aliphatic hydroxyl groups excluding tert-OH is 1. The van der Waals surface area contributed by atoms with Crippen molar-refractivity contribution in [2.24, 2.45) is 17.4 Å². The van der Waals surface area contributed by atoms with Gasteiger partial charge in [-0.05, 0) is 12.8 Å². The maximum absolute atomic E-state index is 12.5. The molecule has 0 bridgehead atoms. The molecule has 5 atom stereocenters. The normalized spacial score (nSPS) is 16.0. The SMILES string of the molecule is CCC(C)C(NC(=O)C(CC(N)=O)NC(=O)C(N)C(C)O)C(=O)NCC(=O)O. The molecule has 0 spiro atoms. The Kier molecular flexibility index (Phi) is 10.7. The van der Waals surface area contributed by atoms with Crippen LogP contribution < -0.4 is 27.4 Å². The van der Waals surface area contributed by atoms with Crippen molar-refractivity contribution in [3.8, 4) is 0 Å². The zero-order valence-electron chi connectivity index (χ0n) is 16.1. The highest BCUT2D eigenvalue weighted by molar-refractivity contribution is 5.96. The van der Waals surface area contributed by atoms with Crippen LogP contribution in [0.25, 0.3) is 0 Å². The van der Waals surface area contributed by atoms with Gasteiger partial charge in [0.05, 0.1) is 12.5 Å². The van der Waals surface area contributed by atoms with Gasteiger partial charge in [-0.15, -0.1) is 0 Å². The number of carboxylic acid groups (broad SMARTS) is 1. The number of carbonyl (C=O) groups excluding carboxylic acids is 4. The van der Waals surface area contributed by atoms with Crippen LogP contribution in [-0.2, 0) is 24.0 Å². The second kappa shape index (κ2) is 11.9. The van der Waals surface area contributed by atoms with Crippen LogP contribution in [0.5, 0.6) is 0 Å². The Labute approximate surface area is 162 Å². The van der Waals surface area contributed by atoms with Crippen LogP contribution in [0.2, 0.25) is 0 Å². The van der Waals surface area contributed by atoms with Crippen LogP contribution in [0.3, 0.4) is 0 Å². The number of amides is 4. The Morgan fingerprint density at radius 2 is 1.57 bits per heavy atom. The molecular formula is C16H29N5O7. The van der Waals surface area contributed by atoms with Gasteiger partial charge in [-0.3, -0.25) is 24.0 Å². The highest BCUT2D eigenvalue weighted by Gasteiger charge is 2.32. The lowest BCUT2D eigenvalue weighted by Gasteiger charge is -2.26. The second-order valence-electron chi connectivity index (χ2n) is 6.48. The van der Waals surface area contributed by atoms with Crippen molar-refractivity contribution in [1.82, 2.24) is 16.0 Å². The summed E-state index contributed by atoms with van der Waals surface area (Å²) in [5.41, 5.74) is 10.6. The van der Waals surface area contributed by atoms with Crippen molar-refractivity contribution in [3.05, 3.63) is 0 Å². The van der Waals surface area contributed by atoms with Gasteiger partial charge in [0.2, 0.25) is 23.6 Å². The van der Waals surface area contributed by atoms with Crippen molar-refractivity contribution in [3.63, 3.8) is 0 Å². The highest BCUT2D eigenvalue weighted by atomic mass is 16.4. The number of aliphatic carboxylic acids is 1. The summed E-state index contributed by atoms with van der Waals surface area (Å²) in [4.78, 5) is 58.6. The zero-order chi connectivity index (χ0) is 22.0. The maximum atomic E-state index is 12.5.